The van der Waals surface area contributed by atoms with Gasteiger partial charge in [-0.2, -0.15) is 0 Å². The first-order valence-electron chi connectivity index (χ1n) is 3.09. The van der Waals surface area contributed by atoms with E-state index in [4.69, 9.17) is 30.4 Å². The molecule has 0 aromatic heterocycles. The molecule has 0 heterocycles. The van der Waals surface area contributed by atoms with Crippen LogP contribution in [0.5, 0.6) is 0 Å². The van der Waals surface area contributed by atoms with E-state index in [1.807, 2.05) is 0 Å². The lowest BCUT2D eigenvalue weighted by Crippen LogP contribution is -2.26. The lowest BCUT2D eigenvalue weighted by atomic mass is 10.4. The number of hydrogen-bond acceptors (Lipinski definition) is 4. The van der Waals surface area contributed by atoms with Crippen LogP contribution in [0.15, 0.2) is 0 Å². The predicted octanol–water partition coefficient (Wildman–Crippen LogP) is -1.66. The molecule has 0 spiro atoms. The molecule has 0 rings (SSSR count). The van der Waals surface area contributed by atoms with Crippen molar-refractivity contribution >= 4 is 15.2 Å². The van der Waals surface area contributed by atoms with Crippen LogP contribution in [0.2, 0.25) is 0 Å². The molecular formula is C3H11NO7P2. The summed E-state index contributed by atoms with van der Waals surface area (Å²) < 4.78 is 20.7. The molecule has 0 saturated heterocycles. The quantitative estimate of drug-likeness (QED) is 0.315. The van der Waals surface area contributed by atoms with E-state index in [1.165, 1.54) is 0 Å². The van der Waals surface area contributed by atoms with E-state index in [0.29, 0.717) is 0 Å². The summed E-state index contributed by atoms with van der Waals surface area (Å²) in [5.74, 6) is -3.91. The molecular weight excluding hydrogens is 224 g/mol. The number of aliphatic hydroxyl groups excluding tert-OH is 1. The van der Waals surface area contributed by atoms with Gasteiger partial charge in [0.15, 0.2) is 5.85 Å². The van der Waals surface area contributed by atoms with Crippen molar-refractivity contribution in [3.8, 4) is 0 Å². The molecule has 2 atom stereocenters. The minimum absolute atomic E-state index is 0.853. The zero-order valence-corrected chi connectivity index (χ0v) is 8.18. The molecule has 0 bridgehead atoms. The van der Waals surface area contributed by atoms with Crippen molar-refractivity contribution in [3.63, 3.8) is 0 Å². The molecule has 7 N–H and O–H groups in total. The van der Waals surface area contributed by atoms with Gasteiger partial charge in [0, 0.05) is 6.42 Å². The van der Waals surface area contributed by atoms with Crippen molar-refractivity contribution in [2.24, 2.45) is 5.73 Å². The van der Waals surface area contributed by atoms with Crippen molar-refractivity contribution in [2.45, 2.75) is 18.0 Å². The zero-order valence-electron chi connectivity index (χ0n) is 6.39. The van der Waals surface area contributed by atoms with Crippen LogP contribution in [0.1, 0.15) is 6.42 Å². The second-order valence-corrected chi connectivity index (χ2v) is 6.08. The minimum Gasteiger partial charge on any atom is -0.380 e. The Morgan fingerprint density at radius 2 is 1.46 bits per heavy atom. The van der Waals surface area contributed by atoms with Crippen LogP contribution in [0.3, 0.4) is 0 Å². The summed E-state index contributed by atoms with van der Waals surface area (Å²) in [5.41, 5.74) is 4.88. The molecule has 0 amide bonds. The van der Waals surface area contributed by atoms with Crippen LogP contribution in [-0.4, -0.2) is 36.3 Å². The molecule has 0 unspecified atom stereocenters. The fourth-order valence-electron chi connectivity index (χ4n) is 0.491. The van der Waals surface area contributed by atoms with Crippen LogP contribution in [0.25, 0.3) is 0 Å². The molecule has 10 heteroatoms. The molecule has 0 aromatic carbocycles. The normalized spacial score (nSPS) is 18.3. The standard InChI is InChI=1S/C3H11NO7P2/c4-2(12(6,7)8)1-3(5)13(9,10)11/h2-3,5H,1,4H2,(H2,6,7,8)(H2,9,10,11)/t2-,3-/m0/s1. The fourth-order valence-corrected chi connectivity index (χ4v) is 1.63. The lowest BCUT2D eigenvalue weighted by Gasteiger charge is -2.17. The first-order chi connectivity index (χ1) is 5.55. The van der Waals surface area contributed by atoms with Crippen molar-refractivity contribution < 1.29 is 33.8 Å². The molecule has 0 aromatic rings. The van der Waals surface area contributed by atoms with Gasteiger partial charge in [0.25, 0.3) is 0 Å². The van der Waals surface area contributed by atoms with Gasteiger partial charge in [-0.25, -0.2) is 0 Å². The Morgan fingerprint density at radius 1 is 1.08 bits per heavy atom. The molecule has 0 aliphatic heterocycles. The third kappa shape index (κ3) is 4.85. The lowest BCUT2D eigenvalue weighted by molar-refractivity contribution is 0.189. The minimum atomic E-state index is -4.75. The monoisotopic (exact) mass is 235 g/mol. The Hall–Kier alpha value is 0.220. The molecule has 8 nitrogen and oxygen atoms in total. The smallest absolute Gasteiger partial charge is 0.353 e. The zero-order chi connectivity index (χ0) is 10.9. The van der Waals surface area contributed by atoms with E-state index in [1.54, 1.807) is 0 Å². The highest BCUT2D eigenvalue weighted by Gasteiger charge is 2.34. The van der Waals surface area contributed by atoms with E-state index >= 15 is 0 Å². The van der Waals surface area contributed by atoms with Gasteiger partial charge in [-0.05, 0) is 0 Å². The van der Waals surface area contributed by atoms with Crippen LogP contribution in [0.4, 0.5) is 0 Å². The largest absolute Gasteiger partial charge is 0.380 e. The van der Waals surface area contributed by atoms with Gasteiger partial charge >= 0.3 is 15.2 Å². The molecule has 0 radical (unpaired) electrons. The summed E-state index contributed by atoms with van der Waals surface area (Å²) >= 11 is 0. The SMILES string of the molecule is N[C@H](C[C@@H](O)P(=O)(O)O)P(=O)(O)O. The highest BCUT2D eigenvalue weighted by Crippen LogP contribution is 2.47. The van der Waals surface area contributed by atoms with Crippen LogP contribution >= 0.6 is 15.2 Å². The highest BCUT2D eigenvalue weighted by atomic mass is 31.2. The maximum absolute atomic E-state index is 10.4. The molecule has 80 valence electrons. The first-order valence-corrected chi connectivity index (χ1v) is 6.45. The Bertz CT molecular complexity index is 228. The Balaban J connectivity index is 4.32. The summed E-state index contributed by atoms with van der Waals surface area (Å²) in [6.07, 6.45) is -0.853. The molecule has 13 heavy (non-hydrogen) atoms. The van der Waals surface area contributed by atoms with E-state index in [2.05, 4.69) is 0 Å². The summed E-state index contributed by atoms with van der Waals surface area (Å²) in [7, 11) is -9.35. The molecule has 0 saturated carbocycles. The molecule has 0 aliphatic rings. The fraction of sp³-hybridized carbons (Fsp3) is 1.00. The van der Waals surface area contributed by atoms with Crippen LogP contribution < -0.4 is 5.73 Å². The topological polar surface area (TPSA) is 161 Å². The third-order valence-corrected chi connectivity index (χ3v) is 3.33. The summed E-state index contributed by atoms with van der Waals surface area (Å²) in [4.78, 5) is 33.6. The predicted molar refractivity (Wildman–Crippen MR) is 42.7 cm³/mol. The van der Waals surface area contributed by atoms with Gasteiger partial charge in [0.1, 0.15) is 5.78 Å². The van der Waals surface area contributed by atoms with Crippen molar-refractivity contribution in [1.82, 2.24) is 0 Å². The second kappa shape index (κ2) is 4.16. The average Bonchev–Trinajstić information content (AvgIpc) is 1.82. The summed E-state index contributed by atoms with van der Waals surface area (Å²) in [6.45, 7) is 0. The number of nitrogens with two attached hydrogens (primary N) is 1. The van der Waals surface area contributed by atoms with Crippen LogP contribution in [-0.2, 0) is 9.13 Å². The van der Waals surface area contributed by atoms with Gasteiger partial charge in [-0.1, -0.05) is 0 Å². The van der Waals surface area contributed by atoms with Gasteiger partial charge in [-0.3, -0.25) is 9.13 Å². The van der Waals surface area contributed by atoms with Gasteiger partial charge in [0.05, 0.1) is 0 Å². The number of aliphatic hydroxyl groups is 1. The van der Waals surface area contributed by atoms with Gasteiger partial charge < -0.3 is 30.4 Å². The second-order valence-electron chi connectivity index (χ2n) is 2.46. The Labute approximate surface area is 73.7 Å². The third-order valence-electron chi connectivity index (χ3n) is 1.27. The van der Waals surface area contributed by atoms with E-state index < -0.39 is 33.2 Å². The Morgan fingerprint density at radius 3 is 1.69 bits per heavy atom. The molecule has 0 fully saturated rings. The average molecular weight is 235 g/mol. The first kappa shape index (κ1) is 13.2. The molecule has 0 aliphatic carbocycles. The summed E-state index contributed by atoms with van der Waals surface area (Å²) in [6, 6.07) is 0. The van der Waals surface area contributed by atoms with E-state index in [0.717, 1.165) is 0 Å². The van der Waals surface area contributed by atoms with Crippen molar-refractivity contribution in [3.05, 3.63) is 0 Å². The van der Waals surface area contributed by atoms with Gasteiger partial charge in [0.2, 0.25) is 0 Å². The van der Waals surface area contributed by atoms with Crippen molar-refractivity contribution in [2.75, 3.05) is 0 Å². The number of rotatable bonds is 4. The Kier molecular flexibility index (Phi) is 4.23. The van der Waals surface area contributed by atoms with Gasteiger partial charge in [-0.15, -0.1) is 0 Å². The van der Waals surface area contributed by atoms with Crippen LogP contribution in [0, 0.1) is 0 Å². The summed E-state index contributed by atoms with van der Waals surface area (Å²) in [5, 5.41) is 8.73. The highest BCUT2D eigenvalue weighted by molar-refractivity contribution is 7.53. The van der Waals surface area contributed by atoms with E-state index in [-0.39, 0.29) is 0 Å². The van der Waals surface area contributed by atoms with E-state index in [9.17, 15) is 9.13 Å². The van der Waals surface area contributed by atoms with Crippen molar-refractivity contribution in [1.29, 1.82) is 0 Å². The maximum atomic E-state index is 10.4. The number of hydrogen-bond donors (Lipinski definition) is 6. The maximum Gasteiger partial charge on any atom is 0.353 e.